The van der Waals surface area contributed by atoms with Crippen molar-refractivity contribution >= 4 is 40.8 Å². The van der Waals surface area contributed by atoms with Gasteiger partial charge in [-0.1, -0.05) is 32.4 Å². The molecule has 26 heavy (non-hydrogen) atoms. The van der Waals surface area contributed by atoms with E-state index in [9.17, 15) is 24.5 Å². The Labute approximate surface area is 155 Å². The molecule has 0 saturated heterocycles. The molecular weight excluding hydrogens is 366 g/mol. The van der Waals surface area contributed by atoms with Gasteiger partial charge in [-0.15, -0.1) is 0 Å². The van der Waals surface area contributed by atoms with Gasteiger partial charge in [-0.2, -0.15) is 0 Å². The average Bonchev–Trinajstić information content (AvgIpc) is 2.53. The molecule has 1 aromatic carbocycles. The van der Waals surface area contributed by atoms with Gasteiger partial charge >= 0.3 is 5.97 Å². The van der Waals surface area contributed by atoms with Crippen molar-refractivity contribution in [2.24, 2.45) is 5.41 Å². The van der Waals surface area contributed by atoms with E-state index in [1.807, 2.05) is 0 Å². The number of nitrogens with one attached hydrogen (secondary N) is 2. The second-order valence-electron chi connectivity index (χ2n) is 6.52. The van der Waals surface area contributed by atoms with Crippen LogP contribution < -0.4 is 10.6 Å². The van der Waals surface area contributed by atoms with E-state index in [1.54, 1.807) is 20.8 Å². The summed E-state index contributed by atoms with van der Waals surface area (Å²) >= 11 is 5.86. The Morgan fingerprint density at radius 3 is 2.42 bits per heavy atom. The van der Waals surface area contributed by atoms with Crippen molar-refractivity contribution in [1.29, 1.82) is 0 Å². The van der Waals surface area contributed by atoms with Gasteiger partial charge in [0.05, 0.1) is 15.6 Å². The number of benzene rings is 1. The molecule has 9 nitrogen and oxygen atoms in total. The van der Waals surface area contributed by atoms with Crippen LogP contribution in [-0.2, 0) is 19.1 Å². The number of ether oxygens (including phenoxy) is 1. The summed E-state index contributed by atoms with van der Waals surface area (Å²) in [4.78, 5) is 45.5. The molecule has 0 spiro atoms. The van der Waals surface area contributed by atoms with Crippen molar-refractivity contribution in [2.45, 2.75) is 33.7 Å². The third-order valence-electron chi connectivity index (χ3n) is 3.17. The summed E-state index contributed by atoms with van der Waals surface area (Å²) in [5, 5.41) is 15.5. The van der Waals surface area contributed by atoms with Crippen molar-refractivity contribution in [3.63, 3.8) is 0 Å². The van der Waals surface area contributed by atoms with Gasteiger partial charge in [0.2, 0.25) is 5.91 Å². The number of nitrogens with zero attached hydrogens (tertiary/aromatic N) is 1. The second kappa shape index (κ2) is 8.61. The van der Waals surface area contributed by atoms with Crippen molar-refractivity contribution in [3.8, 4) is 0 Å². The molecule has 1 aromatic rings. The summed E-state index contributed by atoms with van der Waals surface area (Å²) in [7, 11) is 0. The van der Waals surface area contributed by atoms with Gasteiger partial charge < -0.3 is 15.4 Å². The Kier molecular flexibility index (Phi) is 7.08. The lowest BCUT2D eigenvalue weighted by Gasteiger charge is -2.20. The molecule has 0 aliphatic rings. The fourth-order valence-electron chi connectivity index (χ4n) is 1.64. The molecule has 10 heteroatoms. The fourth-order valence-corrected chi connectivity index (χ4v) is 1.86. The summed E-state index contributed by atoms with van der Waals surface area (Å²) in [5.41, 5.74) is -0.742. The number of hydrogen-bond acceptors (Lipinski definition) is 6. The summed E-state index contributed by atoms with van der Waals surface area (Å²) in [5.74, 6) is -1.78. The molecule has 0 aliphatic carbocycles. The zero-order valence-electron chi connectivity index (χ0n) is 14.8. The first kappa shape index (κ1) is 21.4. The van der Waals surface area contributed by atoms with Crippen LogP contribution in [0, 0.1) is 15.5 Å². The highest BCUT2D eigenvalue weighted by atomic mass is 35.5. The minimum absolute atomic E-state index is 0.0234. The average molecular weight is 386 g/mol. The normalized spacial score (nSPS) is 12.0. The van der Waals surface area contributed by atoms with Crippen LogP contribution in [0.25, 0.3) is 0 Å². The van der Waals surface area contributed by atoms with E-state index in [2.05, 4.69) is 10.6 Å². The highest BCUT2D eigenvalue weighted by molar-refractivity contribution is 6.34. The Hall–Kier alpha value is -2.68. The molecule has 0 aliphatic heterocycles. The standard InChI is InChI=1S/C16H20ClN3O6/c1-9(18-15(23)16(2,3)4)14(22)26-8-13(21)19-12-6-5-10(20(24)25)7-11(12)17/h5-7,9H,8H2,1-4H3,(H,18,23)(H,19,21). The zero-order chi connectivity index (χ0) is 20.1. The molecule has 2 amide bonds. The van der Waals surface area contributed by atoms with Crippen LogP contribution in [0.2, 0.25) is 5.02 Å². The van der Waals surface area contributed by atoms with E-state index in [0.717, 1.165) is 6.07 Å². The number of amides is 2. The predicted molar refractivity (Wildman–Crippen MR) is 94.8 cm³/mol. The molecule has 0 aromatic heterocycles. The van der Waals surface area contributed by atoms with Crippen LogP contribution >= 0.6 is 11.6 Å². The molecule has 0 fully saturated rings. The minimum Gasteiger partial charge on any atom is -0.454 e. The van der Waals surface area contributed by atoms with Crippen molar-refractivity contribution in [1.82, 2.24) is 5.32 Å². The Morgan fingerprint density at radius 2 is 1.92 bits per heavy atom. The van der Waals surface area contributed by atoms with Gasteiger partial charge in [-0.25, -0.2) is 4.79 Å². The second-order valence-corrected chi connectivity index (χ2v) is 6.93. The van der Waals surface area contributed by atoms with Crippen LogP contribution in [0.5, 0.6) is 0 Å². The topological polar surface area (TPSA) is 128 Å². The quantitative estimate of drug-likeness (QED) is 0.439. The number of anilines is 1. The molecule has 2 N–H and O–H groups in total. The smallest absolute Gasteiger partial charge is 0.328 e. The lowest BCUT2D eigenvalue weighted by Crippen LogP contribution is -2.45. The monoisotopic (exact) mass is 385 g/mol. The highest BCUT2D eigenvalue weighted by Gasteiger charge is 2.26. The molecule has 0 bridgehead atoms. The molecule has 1 atom stereocenters. The van der Waals surface area contributed by atoms with Gasteiger partial charge in [0.15, 0.2) is 6.61 Å². The summed E-state index contributed by atoms with van der Waals surface area (Å²) in [6, 6.07) is 2.62. The lowest BCUT2D eigenvalue weighted by atomic mass is 9.95. The van der Waals surface area contributed by atoms with E-state index in [0.29, 0.717) is 0 Å². The number of hydrogen-bond donors (Lipinski definition) is 2. The lowest BCUT2D eigenvalue weighted by molar-refractivity contribution is -0.384. The van der Waals surface area contributed by atoms with Gasteiger partial charge in [0, 0.05) is 17.5 Å². The molecule has 1 rings (SSSR count). The summed E-state index contributed by atoms with van der Waals surface area (Å²) < 4.78 is 4.84. The minimum atomic E-state index is -0.919. The van der Waals surface area contributed by atoms with E-state index < -0.39 is 34.9 Å². The number of carbonyl (C=O) groups is 3. The summed E-state index contributed by atoms with van der Waals surface area (Å²) in [6.45, 7) is 5.93. The van der Waals surface area contributed by atoms with Crippen LogP contribution in [0.3, 0.4) is 0 Å². The van der Waals surface area contributed by atoms with Crippen LogP contribution in [0.4, 0.5) is 11.4 Å². The molecule has 0 saturated carbocycles. The maximum absolute atomic E-state index is 11.8. The summed E-state index contributed by atoms with van der Waals surface area (Å²) in [6.07, 6.45) is 0. The first-order valence-electron chi connectivity index (χ1n) is 7.63. The number of halogens is 1. The van der Waals surface area contributed by atoms with E-state index in [4.69, 9.17) is 16.3 Å². The molecule has 0 radical (unpaired) electrons. The highest BCUT2D eigenvalue weighted by Crippen LogP contribution is 2.26. The maximum atomic E-state index is 11.8. The van der Waals surface area contributed by atoms with Crippen LogP contribution in [0.1, 0.15) is 27.7 Å². The van der Waals surface area contributed by atoms with E-state index in [1.165, 1.54) is 19.1 Å². The van der Waals surface area contributed by atoms with Gasteiger partial charge in [-0.3, -0.25) is 19.7 Å². The van der Waals surface area contributed by atoms with E-state index in [-0.39, 0.29) is 22.3 Å². The van der Waals surface area contributed by atoms with Crippen LogP contribution in [0.15, 0.2) is 18.2 Å². The van der Waals surface area contributed by atoms with E-state index >= 15 is 0 Å². The molecule has 0 heterocycles. The van der Waals surface area contributed by atoms with Crippen molar-refractivity contribution < 1.29 is 24.0 Å². The SMILES string of the molecule is CC(NC(=O)C(C)(C)C)C(=O)OCC(=O)Nc1ccc([N+](=O)[O-])cc1Cl. The number of nitro groups is 1. The number of rotatable bonds is 6. The molecule has 142 valence electrons. The number of non-ortho nitro benzene ring substituents is 1. The maximum Gasteiger partial charge on any atom is 0.328 e. The van der Waals surface area contributed by atoms with Gasteiger partial charge in [0.1, 0.15) is 6.04 Å². The number of esters is 1. The first-order chi connectivity index (χ1) is 11.9. The van der Waals surface area contributed by atoms with Gasteiger partial charge in [0.25, 0.3) is 11.6 Å². The Bertz CT molecular complexity index is 729. The Morgan fingerprint density at radius 1 is 1.31 bits per heavy atom. The number of carbonyl (C=O) groups excluding carboxylic acids is 3. The zero-order valence-corrected chi connectivity index (χ0v) is 15.5. The first-order valence-corrected chi connectivity index (χ1v) is 8.01. The predicted octanol–water partition coefficient (Wildman–Crippen LogP) is 2.28. The third kappa shape index (κ3) is 6.32. The van der Waals surface area contributed by atoms with Crippen molar-refractivity contribution in [3.05, 3.63) is 33.3 Å². The third-order valence-corrected chi connectivity index (χ3v) is 3.48. The fraction of sp³-hybridized carbons (Fsp3) is 0.438. The molecule has 1 unspecified atom stereocenters. The molecular formula is C16H20ClN3O6. The largest absolute Gasteiger partial charge is 0.454 e. The van der Waals surface area contributed by atoms with Gasteiger partial charge in [-0.05, 0) is 13.0 Å². The Balaban J connectivity index is 2.55. The number of nitro benzene ring substituents is 1. The van der Waals surface area contributed by atoms with Crippen LogP contribution in [-0.4, -0.2) is 35.4 Å². The van der Waals surface area contributed by atoms with Crippen molar-refractivity contribution in [2.75, 3.05) is 11.9 Å².